The molecule has 2 aromatic rings. The molecule has 0 bridgehead atoms. The van der Waals surface area contributed by atoms with E-state index in [2.05, 4.69) is 5.32 Å². The summed E-state index contributed by atoms with van der Waals surface area (Å²) in [5.41, 5.74) is 1.59. The van der Waals surface area contributed by atoms with Gasteiger partial charge in [0.25, 0.3) is 0 Å². The van der Waals surface area contributed by atoms with Crippen LogP contribution in [0.4, 0.5) is 9.39 Å². The summed E-state index contributed by atoms with van der Waals surface area (Å²) < 4.78 is 18.1. The SMILES string of the molecule is CCOC(=O)c1c(NC(=O)CCCSc2ccc(F)cc2)sc2c1CCC2. The Kier molecular flexibility index (Phi) is 6.90. The third-order valence-electron chi connectivity index (χ3n) is 4.28. The maximum Gasteiger partial charge on any atom is 0.341 e. The Labute approximate surface area is 166 Å². The standard InChI is InChI=1S/C20H22FNO3S2/c1-2-25-20(24)18-15-5-3-6-16(15)27-19(18)22-17(23)7-4-12-26-14-10-8-13(21)9-11-14/h8-11H,2-7,12H2,1H3,(H,22,23). The molecule has 0 radical (unpaired) electrons. The third-order valence-corrected chi connectivity index (χ3v) is 6.59. The topological polar surface area (TPSA) is 55.4 Å². The highest BCUT2D eigenvalue weighted by molar-refractivity contribution is 7.99. The number of halogens is 1. The summed E-state index contributed by atoms with van der Waals surface area (Å²) in [7, 11) is 0. The van der Waals surface area contributed by atoms with Crippen molar-refractivity contribution in [2.45, 2.75) is 43.9 Å². The second-order valence-electron chi connectivity index (χ2n) is 6.24. The number of carbonyl (C=O) groups excluding carboxylic acids is 2. The zero-order valence-corrected chi connectivity index (χ0v) is 16.8. The van der Waals surface area contributed by atoms with E-state index in [1.807, 2.05) is 0 Å². The number of rotatable bonds is 8. The van der Waals surface area contributed by atoms with Gasteiger partial charge in [0, 0.05) is 16.2 Å². The molecule has 1 heterocycles. The van der Waals surface area contributed by atoms with Crippen LogP contribution in [-0.2, 0) is 22.4 Å². The highest BCUT2D eigenvalue weighted by Crippen LogP contribution is 2.39. The molecule has 1 aromatic carbocycles. The van der Waals surface area contributed by atoms with E-state index < -0.39 is 0 Å². The molecule has 1 aliphatic rings. The molecule has 0 saturated carbocycles. The Bertz CT molecular complexity index is 817. The molecule has 1 aliphatic carbocycles. The van der Waals surface area contributed by atoms with Crippen LogP contribution in [-0.4, -0.2) is 24.2 Å². The smallest absolute Gasteiger partial charge is 0.341 e. The van der Waals surface area contributed by atoms with Crippen LogP contribution in [0.15, 0.2) is 29.2 Å². The lowest BCUT2D eigenvalue weighted by atomic mass is 10.1. The van der Waals surface area contributed by atoms with Gasteiger partial charge >= 0.3 is 5.97 Å². The van der Waals surface area contributed by atoms with Gasteiger partial charge in [-0.3, -0.25) is 4.79 Å². The lowest BCUT2D eigenvalue weighted by molar-refractivity contribution is -0.116. The molecule has 0 spiro atoms. The fraction of sp³-hybridized carbons (Fsp3) is 0.400. The maximum absolute atomic E-state index is 12.9. The molecule has 0 fully saturated rings. The number of amides is 1. The number of anilines is 1. The predicted molar refractivity (Wildman–Crippen MR) is 107 cm³/mol. The largest absolute Gasteiger partial charge is 0.462 e. The number of ether oxygens (including phenoxy) is 1. The molecule has 0 saturated heterocycles. The maximum atomic E-state index is 12.9. The highest BCUT2D eigenvalue weighted by Gasteiger charge is 2.28. The van der Waals surface area contributed by atoms with Crippen LogP contribution in [0, 0.1) is 5.82 Å². The van der Waals surface area contributed by atoms with Crippen molar-refractivity contribution in [2.75, 3.05) is 17.7 Å². The molecular weight excluding hydrogens is 385 g/mol. The minimum absolute atomic E-state index is 0.0971. The van der Waals surface area contributed by atoms with Gasteiger partial charge in [-0.15, -0.1) is 23.1 Å². The Morgan fingerprint density at radius 1 is 1.26 bits per heavy atom. The summed E-state index contributed by atoms with van der Waals surface area (Å²) in [6.45, 7) is 2.10. The molecule has 1 N–H and O–H groups in total. The molecule has 4 nitrogen and oxygen atoms in total. The zero-order valence-electron chi connectivity index (χ0n) is 15.2. The second-order valence-corrected chi connectivity index (χ2v) is 8.51. The fourth-order valence-corrected chi connectivity index (χ4v) is 5.20. The molecule has 0 atom stereocenters. The third kappa shape index (κ3) is 5.11. The van der Waals surface area contributed by atoms with Crippen LogP contribution in [0.3, 0.4) is 0 Å². The number of nitrogens with one attached hydrogen (secondary N) is 1. The van der Waals surface area contributed by atoms with Gasteiger partial charge in [-0.05, 0) is 68.2 Å². The average molecular weight is 408 g/mol. The Balaban J connectivity index is 1.53. The number of carbonyl (C=O) groups is 2. The minimum Gasteiger partial charge on any atom is -0.462 e. The molecule has 7 heteroatoms. The van der Waals surface area contributed by atoms with E-state index in [4.69, 9.17) is 4.74 Å². The normalized spacial score (nSPS) is 12.7. The van der Waals surface area contributed by atoms with E-state index in [1.165, 1.54) is 28.3 Å². The average Bonchev–Trinajstić information content (AvgIpc) is 3.21. The van der Waals surface area contributed by atoms with Crippen LogP contribution in [0.2, 0.25) is 0 Å². The van der Waals surface area contributed by atoms with Crippen LogP contribution in [0.5, 0.6) is 0 Å². The van der Waals surface area contributed by atoms with E-state index >= 15 is 0 Å². The van der Waals surface area contributed by atoms with Crippen molar-refractivity contribution in [3.8, 4) is 0 Å². The molecule has 1 amide bonds. The highest BCUT2D eigenvalue weighted by atomic mass is 32.2. The number of hydrogen-bond donors (Lipinski definition) is 1. The second kappa shape index (κ2) is 9.37. The number of fused-ring (bicyclic) bond motifs is 1. The van der Waals surface area contributed by atoms with Gasteiger partial charge in [0.1, 0.15) is 10.8 Å². The van der Waals surface area contributed by atoms with Crippen molar-refractivity contribution in [3.63, 3.8) is 0 Å². The van der Waals surface area contributed by atoms with Crippen LogP contribution in [0.25, 0.3) is 0 Å². The lowest BCUT2D eigenvalue weighted by Crippen LogP contribution is -2.15. The molecular formula is C20H22FNO3S2. The van der Waals surface area contributed by atoms with Gasteiger partial charge in [0.2, 0.25) is 5.91 Å². The summed E-state index contributed by atoms with van der Waals surface area (Å²) >= 11 is 3.09. The number of hydrogen-bond acceptors (Lipinski definition) is 5. The molecule has 0 aliphatic heterocycles. The number of aryl methyl sites for hydroxylation is 1. The van der Waals surface area contributed by atoms with Gasteiger partial charge in [0.15, 0.2) is 0 Å². The Morgan fingerprint density at radius 3 is 2.78 bits per heavy atom. The lowest BCUT2D eigenvalue weighted by Gasteiger charge is -2.08. The van der Waals surface area contributed by atoms with Crippen molar-refractivity contribution in [3.05, 3.63) is 46.1 Å². The molecule has 3 rings (SSSR count). The van der Waals surface area contributed by atoms with Gasteiger partial charge < -0.3 is 10.1 Å². The van der Waals surface area contributed by atoms with Crippen molar-refractivity contribution in [1.82, 2.24) is 0 Å². The summed E-state index contributed by atoms with van der Waals surface area (Å²) in [5.74, 6) is 0.0725. The first-order valence-corrected chi connectivity index (χ1v) is 10.9. The summed E-state index contributed by atoms with van der Waals surface area (Å²) in [5, 5.41) is 3.53. The summed E-state index contributed by atoms with van der Waals surface area (Å²) in [6.07, 6.45) is 3.94. The predicted octanol–water partition coefficient (Wildman–Crippen LogP) is 5.06. The van der Waals surface area contributed by atoms with Crippen molar-refractivity contribution in [1.29, 1.82) is 0 Å². The van der Waals surface area contributed by atoms with Gasteiger partial charge in [-0.2, -0.15) is 0 Å². The van der Waals surface area contributed by atoms with Gasteiger partial charge in [-0.1, -0.05) is 0 Å². The Morgan fingerprint density at radius 2 is 2.04 bits per heavy atom. The van der Waals surface area contributed by atoms with E-state index in [-0.39, 0.29) is 17.7 Å². The van der Waals surface area contributed by atoms with Crippen molar-refractivity contribution < 1.29 is 18.7 Å². The quantitative estimate of drug-likeness (QED) is 0.377. The van der Waals surface area contributed by atoms with E-state index in [0.29, 0.717) is 30.0 Å². The number of thioether (sulfide) groups is 1. The van der Waals surface area contributed by atoms with Crippen molar-refractivity contribution >= 4 is 40.0 Å². The monoisotopic (exact) mass is 407 g/mol. The van der Waals surface area contributed by atoms with Crippen LogP contribution in [0.1, 0.15) is 47.0 Å². The zero-order chi connectivity index (χ0) is 19.2. The van der Waals surface area contributed by atoms with Crippen LogP contribution < -0.4 is 5.32 Å². The summed E-state index contributed by atoms with van der Waals surface area (Å²) in [4.78, 5) is 26.8. The first kappa shape index (κ1) is 19.9. The summed E-state index contributed by atoms with van der Waals surface area (Å²) in [6, 6.07) is 6.33. The van der Waals surface area contributed by atoms with Gasteiger partial charge in [0.05, 0.1) is 12.2 Å². The molecule has 0 unspecified atom stereocenters. The number of thiophene rings is 1. The minimum atomic E-state index is -0.348. The molecule has 27 heavy (non-hydrogen) atoms. The molecule has 1 aromatic heterocycles. The van der Waals surface area contributed by atoms with Gasteiger partial charge in [-0.25, -0.2) is 9.18 Å². The fourth-order valence-electron chi connectivity index (χ4n) is 3.05. The van der Waals surface area contributed by atoms with Crippen molar-refractivity contribution in [2.24, 2.45) is 0 Å². The Hall–Kier alpha value is -1.86. The molecule has 144 valence electrons. The number of esters is 1. The van der Waals surface area contributed by atoms with E-state index in [0.717, 1.165) is 35.5 Å². The van der Waals surface area contributed by atoms with E-state index in [9.17, 15) is 14.0 Å². The van der Waals surface area contributed by atoms with E-state index in [1.54, 1.807) is 30.8 Å². The first-order chi connectivity index (χ1) is 13.1. The first-order valence-electron chi connectivity index (χ1n) is 9.08. The number of benzene rings is 1. The van der Waals surface area contributed by atoms with Crippen LogP contribution >= 0.6 is 23.1 Å².